The SMILES string of the molecule is CCCNC(=O)[C@@H](C)N(Cc1ccc(C)cc1)C(=O)COc1ccc(Br)cc1. The lowest BCUT2D eigenvalue weighted by Gasteiger charge is -2.28. The summed E-state index contributed by atoms with van der Waals surface area (Å²) in [6.07, 6.45) is 0.844. The first kappa shape index (κ1) is 22.0. The quantitative estimate of drug-likeness (QED) is 0.630. The first-order chi connectivity index (χ1) is 13.4. The average molecular weight is 447 g/mol. The van der Waals surface area contributed by atoms with Crippen LogP contribution in [0.5, 0.6) is 5.75 Å². The zero-order valence-corrected chi connectivity index (χ0v) is 18.2. The van der Waals surface area contributed by atoms with Gasteiger partial charge in [-0.1, -0.05) is 52.7 Å². The number of hydrogen-bond acceptors (Lipinski definition) is 3. The number of aryl methyl sites for hydroxylation is 1. The van der Waals surface area contributed by atoms with Crippen molar-refractivity contribution in [2.75, 3.05) is 13.2 Å². The van der Waals surface area contributed by atoms with Gasteiger partial charge in [0, 0.05) is 17.6 Å². The molecule has 2 aromatic rings. The summed E-state index contributed by atoms with van der Waals surface area (Å²) in [6.45, 7) is 6.57. The van der Waals surface area contributed by atoms with Crippen LogP contribution < -0.4 is 10.1 Å². The molecule has 0 heterocycles. The zero-order chi connectivity index (χ0) is 20.5. The molecule has 0 aliphatic carbocycles. The normalized spacial score (nSPS) is 11.6. The smallest absolute Gasteiger partial charge is 0.261 e. The van der Waals surface area contributed by atoms with Crippen LogP contribution in [0, 0.1) is 6.92 Å². The van der Waals surface area contributed by atoms with Gasteiger partial charge in [-0.05, 0) is 50.1 Å². The second kappa shape index (κ2) is 10.9. The summed E-state index contributed by atoms with van der Waals surface area (Å²) >= 11 is 3.37. The number of carbonyl (C=O) groups excluding carboxylic acids is 2. The predicted molar refractivity (Wildman–Crippen MR) is 114 cm³/mol. The summed E-state index contributed by atoms with van der Waals surface area (Å²) < 4.78 is 6.57. The minimum absolute atomic E-state index is 0.126. The van der Waals surface area contributed by atoms with Gasteiger partial charge >= 0.3 is 0 Å². The highest BCUT2D eigenvalue weighted by Crippen LogP contribution is 2.17. The van der Waals surface area contributed by atoms with Crippen LogP contribution >= 0.6 is 15.9 Å². The molecule has 0 saturated carbocycles. The van der Waals surface area contributed by atoms with Crippen LogP contribution in [0.4, 0.5) is 0 Å². The van der Waals surface area contributed by atoms with Gasteiger partial charge in [-0.3, -0.25) is 9.59 Å². The molecule has 0 saturated heterocycles. The number of benzene rings is 2. The van der Waals surface area contributed by atoms with Gasteiger partial charge in [0.2, 0.25) is 5.91 Å². The molecule has 0 fully saturated rings. The summed E-state index contributed by atoms with van der Waals surface area (Å²) in [7, 11) is 0. The van der Waals surface area contributed by atoms with Gasteiger partial charge in [0.1, 0.15) is 11.8 Å². The molecule has 5 nitrogen and oxygen atoms in total. The number of rotatable bonds is 9. The Morgan fingerprint density at radius 2 is 1.75 bits per heavy atom. The molecule has 0 unspecified atom stereocenters. The van der Waals surface area contributed by atoms with Crippen LogP contribution in [0.3, 0.4) is 0 Å². The summed E-state index contributed by atoms with van der Waals surface area (Å²) in [5.41, 5.74) is 2.12. The third kappa shape index (κ3) is 6.68. The Hall–Kier alpha value is -2.34. The molecule has 0 spiro atoms. The molecule has 0 aliphatic rings. The van der Waals surface area contributed by atoms with E-state index in [1.165, 1.54) is 0 Å². The molecule has 0 aliphatic heterocycles. The highest BCUT2D eigenvalue weighted by molar-refractivity contribution is 9.10. The Bertz CT molecular complexity index is 775. The maximum absolute atomic E-state index is 12.9. The van der Waals surface area contributed by atoms with E-state index >= 15 is 0 Å². The first-order valence-electron chi connectivity index (χ1n) is 9.41. The van der Waals surface area contributed by atoms with Gasteiger partial charge in [0.25, 0.3) is 5.91 Å². The van der Waals surface area contributed by atoms with E-state index in [0.29, 0.717) is 18.8 Å². The highest BCUT2D eigenvalue weighted by atomic mass is 79.9. The van der Waals surface area contributed by atoms with Crippen LogP contribution in [-0.4, -0.2) is 35.9 Å². The van der Waals surface area contributed by atoms with E-state index in [1.807, 2.05) is 50.2 Å². The molecule has 28 heavy (non-hydrogen) atoms. The summed E-state index contributed by atoms with van der Waals surface area (Å²) in [5.74, 6) is 0.212. The lowest BCUT2D eigenvalue weighted by molar-refractivity contribution is -0.142. The van der Waals surface area contributed by atoms with E-state index in [1.54, 1.807) is 24.0 Å². The van der Waals surface area contributed by atoms with Crippen LogP contribution in [0.25, 0.3) is 0 Å². The predicted octanol–water partition coefficient (Wildman–Crippen LogP) is 4.08. The fraction of sp³-hybridized carbons (Fsp3) is 0.364. The molecule has 0 aromatic heterocycles. The van der Waals surface area contributed by atoms with E-state index in [-0.39, 0.29) is 18.4 Å². The molecule has 1 atom stereocenters. The van der Waals surface area contributed by atoms with Crippen molar-refractivity contribution in [2.45, 2.75) is 39.8 Å². The molecular weight excluding hydrogens is 420 g/mol. The maximum atomic E-state index is 12.9. The minimum atomic E-state index is -0.589. The average Bonchev–Trinajstić information content (AvgIpc) is 2.70. The second-order valence-electron chi connectivity index (χ2n) is 6.72. The Labute approximate surface area is 175 Å². The number of carbonyl (C=O) groups is 2. The van der Waals surface area contributed by atoms with Gasteiger partial charge in [-0.25, -0.2) is 0 Å². The standard InChI is InChI=1S/C22H27BrN2O3/c1-4-13-24-22(27)17(3)25(14-18-7-5-16(2)6-8-18)21(26)15-28-20-11-9-19(23)10-12-20/h5-12,17H,4,13-15H2,1-3H3,(H,24,27)/t17-/m1/s1. The van der Waals surface area contributed by atoms with Crippen LogP contribution in [0.2, 0.25) is 0 Å². The molecule has 0 radical (unpaired) electrons. The summed E-state index contributed by atoms with van der Waals surface area (Å²) in [4.78, 5) is 26.9. The topological polar surface area (TPSA) is 58.6 Å². The first-order valence-corrected chi connectivity index (χ1v) is 10.2. The summed E-state index contributed by atoms with van der Waals surface area (Å²) in [5, 5.41) is 2.86. The molecule has 150 valence electrons. The van der Waals surface area contributed by atoms with Crippen molar-refractivity contribution in [3.63, 3.8) is 0 Å². The van der Waals surface area contributed by atoms with Crippen molar-refractivity contribution in [1.82, 2.24) is 10.2 Å². The Balaban J connectivity index is 2.10. The molecule has 2 aromatic carbocycles. The lowest BCUT2D eigenvalue weighted by atomic mass is 10.1. The number of ether oxygens (including phenoxy) is 1. The van der Waals surface area contributed by atoms with Crippen molar-refractivity contribution < 1.29 is 14.3 Å². The van der Waals surface area contributed by atoms with Crippen molar-refractivity contribution in [1.29, 1.82) is 0 Å². The Morgan fingerprint density at radius 1 is 1.11 bits per heavy atom. The number of nitrogens with zero attached hydrogens (tertiary/aromatic N) is 1. The largest absolute Gasteiger partial charge is 0.484 e. The monoisotopic (exact) mass is 446 g/mol. The number of amides is 2. The number of halogens is 1. The van der Waals surface area contributed by atoms with Gasteiger partial charge < -0.3 is 15.0 Å². The third-order valence-corrected chi connectivity index (χ3v) is 4.89. The fourth-order valence-corrected chi connectivity index (χ4v) is 2.89. The minimum Gasteiger partial charge on any atom is -0.484 e. The van der Waals surface area contributed by atoms with E-state index < -0.39 is 6.04 Å². The van der Waals surface area contributed by atoms with E-state index in [4.69, 9.17) is 4.74 Å². The summed E-state index contributed by atoms with van der Waals surface area (Å²) in [6, 6.07) is 14.6. The highest BCUT2D eigenvalue weighted by Gasteiger charge is 2.26. The van der Waals surface area contributed by atoms with E-state index in [0.717, 1.165) is 22.0 Å². The van der Waals surface area contributed by atoms with Gasteiger partial charge in [-0.2, -0.15) is 0 Å². The molecule has 0 bridgehead atoms. The molecule has 2 amide bonds. The van der Waals surface area contributed by atoms with E-state index in [9.17, 15) is 9.59 Å². The number of hydrogen-bond donors (Lipinski definition) is 1. The Morgan fingerprint density at radius 3 is 2.36 bits per heavy atom. The van der Waals surface area contributed by atoms with Crippen molar-refractivity contribution >= 4 is 27.7 Å². The maximum Gasteiger partial charge on any atom is 0.261 e. The molecular formula is C22H27BrN2O3. The van der Waals surface area contributed by atoms with Crippen molar-refractivity contribution in [3.05, 3.63) is 64.1 Å². The van der Waals surface area contributed by atoms with Gasteiger partial charge in [0.15, 0.2) is 6.61 Å². The number of nitrogens with one attached hydrogen (secondary N) is 1. The second-order valence-corrected chi connectivity index (χ2v) is 7.63. The molecule has 6 heteroatoms. The van der Waals surface area contributed by atoms with Crippen LogP contribution in [-0.2, 0) is 16.1 Å². The van der Waals surface area contributed by atoms with Crippen LogP contribution in [0.15, 0.2) is 53.0 Å². The fourth-order valence-electron chi connectivity index (χ4n) is 2.63. The third-order valence-electron chi connectivity index (χ3n) is 4.37. The van der Waals surface area contributed by atoms with Crippen molar-refractivity contribution in [2.24, 2.45) is 0 Å². The molecule has 2 rings (SSSR count). The Kier molecular flexibility index (Phi) is 8.51. The zero-order valence-electron chi connectivity index (χ0n) is 16.6. The molecule has 1 N–H and O–H groups in total. The lowest BCUT2D eigenvalue weighted by Crippen LogP contribution is -2.49. The van der Waals surface area contributed by atoms with Gasteiger partial charge in [0.05, 0.1) is 0 Å². The van der Waals surface area contributed by atoms with Gasteiger partial charge in [-0.15, -0.1) is 0 Å². The van der Waals surface area contributed by atoms with E-state index in [2.05, 4.69) is 21.2 Å². The van der Waals surface area contributed by atoms with Crippen LogP contribution in [0.1, 0.15) is 31.4 Å². The van der Waals surface area contributed by atoms with Crippen molar-refractivity contribution in [3.8, 4) is 5.75 Å².